The lowest BCUT2D eigenvalue weighted by atomic mass is 10.0. The van der Waals surface area contributed by atoms with Gasteiger partial charge >= 0.3 is 0 Å². The third-order valence-electron chi connectivity index (χ3n) is 3.86. The van der Waals surface area contributed by atoms with Crippen molar-refractivity contribution in [3.8, 4) is 0 Å². The maximum absolute atomic E-state index is 11.1. The number of nitrogens with zero attached hydrogens (tertiary/aromatic N) is 3. The van der Waals surface area contributed by atoms with Crippen molar-refractivity contribution < 1.29 is 4.92 Å². The minimum Gasteiger partial charge on any atom is -0.366 e. The standard InChI is InChI=1S/C15H18N4O2S/c1-11-10-22-15(16-11)17-12-6-8-18(9-7-12)13-4-2-3-5-14(13)19(20)21/h2-5,10,12H,6-9H2,1H3,(H,16,17). The highest BCUT2D eigenvalue weighted by atomic mass is 32.1. The average molecular weight is 318 g/mol. The molecule has 2 heterocycles. The fourth-order valence-corrected chi connectivity index (χ4v) is 3.51. The Balaban J connectivity index is 1.63. The summed E-state index contributed by atoms with van der Waals surface area (Å²) in [6.07, 6.45) is 1.90. The van der Waals surface area contributed by atoms with E-state index in [0.29, 0.717) is 6.04 Å². The second-order valence-corrected chi connectivity index (χ2v) is 6.30. The summed E-state index contributed by atoms with van der Waals surface area (Å²) >= 11 is 1.62. The van der Waals surface area contributed by atoms with Crippen LogP contribution in [0.15, 0.2) is 29.6 Å². The van der Waals surface area contributed by atoms with Crippen molar-refractivity contribution in [2.45, 2.75) is 25.8 Å². The Kier molecular flexibility index (Phi) is 4.24. The zero-order valence-electron chi connectivity index (χ0n) is 12.4. The van der Waals surface area contributed by atoms with Gasteiger partial charge < -0.3 is 10.2 Å². The number of aromatic nitrogens is 1. The molecule has 0 unspecified atom stereocenters. The molecule has 0 atom stereocenters. The molecule has 116 valence electrons. The molecule has 0 aliphatic carbocycles. The maximum Gasteiger partial charge on any atom is 0.292 e. The number of benzene rings is 1. The van der Waals surface area contributed by atoms with Crippen molar-refractivity contribution in [1.82, 2.24) is 4.98 Å². The van der Waals surface area contributed by atoms with Gasteiger partial charge in [0.1, 0.15) is 5.69 Å². The number of hydrogen-bond acceptors (Lipinski definition) is 6. The summed E-state index contributed by atoms with van der Waals surface area (Å²) in [6.45, 7) is 3.61. The monoisotopic (exact) mass is 318 g/mol. The highest BCUT2D eigenvalue weighted by Gasteiger charge is 2.24. The molecule has 1 fully saturated rings. The molecule has 0 spiro atoms. The lowest BCUT2D eigenvalue weighted by Gasteiger charge is -2.33. The largest absolute Gasteiger partial charge is 0.366 e. The number of rotatable bonds is 4. The van der Waals surface area contributed by atoms with E-state index in [-0.39, 0.29) is 10.6 Å². The smallest absolute Gasteiger partial charge is 0.292 e. The minimum atomic E-state index is -0.308. The quantitative estimate of drug-likeness (QED) is 0.690. The van der Waals surface area contributed by atoms with E-state index in [1.807, 2.05) is 24.4 Å². The zero-order chi connectivity index (χ0) is 15.5. The molecule has 22 heavy (non-hydrogen) atoms. The molecule has 6 nitrogen and oxygen atoms in total. The summed E-state index contributed by atoms with van der Waals surface area (Å²) in [5.74, 6) is 0. The number of para-hydroxylation sites is 2. The van der Waals surface area contributed by atoms with Gasteiger partial charge in [-0.05, 0) is 25.8 Å². The van der Waals surface area contributed by atoms with Gasteiger partial charge in [-0.1, -0.05) is 12.1 Å². The number of nitro benzene ring substituents is 1. The molecule has 0 saturated carbocycles. The summed E-state index contributed by atoms with van der Waals surface area (Å²) in [7, 11) is 0. The Morgan fingerprint density at radius 3 is 2.73 bits per heavy atom. The van der Waals surface area contributed by atoms with Gasteiger partial charge in [0.15, 0.2) is 5.13 Å². The van der Waals surface area contributed by atoms with Gasteiger partial charge in [0, 0.05) is 30.6 Å². The van der Waals surface area contributed by atoms with Crippen LogP contribution in [0.5, 0.6) is 0 Å². The van der Waals surface area contributed by atoms with Gasteiger partial charge in [-0.3, -0.25) is 10.1 Å². The first kappa shape index (κ1) is 14.8. The van der Waals surface area contributed by atoms with E-state index in [1.165, 1.54) is 0 Å². The highest BCUT2D eigenvalue weighted by Crippen LogP contribution is 2.30. The Bertz CT molecular complexity index is 665. The van der Waals surface area contributed by atoms with Crippen LogP contribution in [0.25, 0.3) is 0 Å². The van der Waals surface area contributed by atoms with Gasteiger partial charge in [-0.25, -0.2) is 4.98 Å². The molecule has 1 N–H and O–H groups in total. The zero-order valence-corrected chi connectivity index (χ0v) is 13.2. The van der Waals surface area contributed by atoms with Crippen LogP contribution in [0.4, 0.5) is 16.5 Å². The van der Waals surface area contributed by atoms with E-state index in [9.17, 15) is 10.1 Å². The van der Waals surface area contributed by atoms with Crippen LogP contribution in [-0.2, 0) is 0 Å². The third-order valence-corrected chi connectivity index (χ3v) is 4.75. The first-order valence-electron chi connectivity index (χ1n) is 7.30. The van der Waals surface area contributed by atoms with Crippen molar-refractivity contribution in [2.24, 2.45) is 0 Å². The maximum atomic E-state index is 11.1. The molecule has 1 aliphatic rings. The number of thiazole rings is 1. The Morgan fingerprint density at radius 2 is 2.09 bits per heavy atom. The van der Waals surface area contributed by atoms with Gasteiger partial charge in [0.25, 0.3) is 5.69 Å². The van der Waals surface area contributed by atoms with Crippen molar-refractivity contribution in [3.63, 3.8) is 0 Å². The summed E-state index contributed by atoms with van der Waals surface area (Å²) < 4.78 is 0. The topological polar surface area (TPSA) is 71.3 Å². The Hall–Kier alpha value is -2.15. The van der Waals surface area contributed by atoms with Crippen LogP contribution < -0.4 is 10.2 Å². The van der Waals surface area contributed by atoms with Gasteiger partial charge in [0.2, 0.25) is 0 Å². The fraction of sp³-hybridized carbons (Fsp3) is 0.400. The van der Waals surface area contributed by atoms with Crippen molar-refractivity contribution in [1.29, 1.82) is 0 Å². The predicted octanol–water partition coefficient (Wildman–Crippen LogP) is 3.44. The highest BCUT2D eigenvalue weighted by molar-refractivity contribution is 7.13. The fourth-order valence-electron chi connectivity index (χ4n) is 2.75. The summed E-state index contributed by atoms with van der Waals surface area (Å²) in [5.41, 5.74) is 1.94. The van der Waals surface area contributed by atoms with E-state index in [2.05, 4.69) is 15.2 Å². The average Bonchev–Trinajstić information content (AvgIpc) is 2.93. The van der Waals surface area contributed by atoms with Crippen molar-refractivity contribution in [3.05, 3.63) is 45.5 Å². The lowest BCUT2D eigenvalue weighted by Crippen LogP contribution is -2.39. The Morgan fingerprint density at radius 1 is 1.36 bits per heavy atom. The van der Waals surface area contributed by atoms with Crippen LogP contribution >= 0.6 is 11.3 Å². The first-order valence-corrected chi connectivity index (χ1v) is 8.18. The van der Waals surface area contributed by atoms with Crippen LogP contribution in [-0.4, -0.2) is 29.0 Å². The molecule has 1 aromatic carbocycles. The molecule has 7 heteroatoms. The van der Waals surface area contributed by atoms with Gasteiger partial charge in [-0.2, -0.15) is 0 Å². The number of hydrogen-bond donors (Lipinski definition) is 1. The molecular formula is C15H18N4O2S. The van der Waals surface area contributed by atoms with Crippen molar-refractivity contribution >= 4 is 27.8 Å². The van der Waals surface area contributed by atoms with Crippen molar-refractivity contribution in [2.75, 3.05) is 23.3 Å². The third kappa shape index (κ3) is 3.19. The second-order valence-electron chi connectivity index (χ2n) is 5.45. The molecule has 1 saturated heterocycles. The van der Waals surface area contributed by atoms with E-state index in [4.69, 9.17) is 0 Å². The Labute approximate surface area is 132 Å². The van der Waals surface area contributed by atoms with E-state index in [0.717, 1.165) is 42.4 Å². The summed E-state index contributed by atoms with van der Waals surface area (Å²) in [4.78, 5) is 17.3. The van der Waals surface area contributed by atoms with E-state index in [1.54, 1.807) is 23.5 Å². The van der Waals surface area contributed by atoms with Gasteiger partial charge in [-0.15, -0.1) is 11.3 Å². The number of piperidine rings is 1. The molecule has 0 amide bonds. The molecule has 3 rings (SSSR count). The normalized spacial score (nSPS) is 15.8. The first-order chi connectivity index (χ1) is 10.6. The molecular weight excluding hydrogens is 300 g/mol. The van der Waals surface area contributed by atoms with E-state index >= 15 is 0 Å². The van der Waals surface area contributed by atoms with Crippen LogP contribution in [0.1, 0.15) is 18.5 Å². The molecule has 0 radical (unpaired) electrons. The van der Waals surface area contributed by atoms with E-state index < -0.39 is 0 Å². The lowest BCUT2D eigenvalue weighted by molar-refractivity contribution is -0.384. The molecule has 0 bridgehead atoms. The van der Waals surface area contributed by atoms with Crippen LogP contribution in [0.3, 0.4) is 0 Å². The predicted molar refractivity (Wildman–Crippen MR) is 88.8 cm³/mol. The molecule has 1 aliphatic heterocycles. The minimum absolute atomic E-state index is 0.185. The number of nitro groups is 1. The second kappa shape index (κ2) is 6.31. The van der Waals surface area contributed by atoms with Gasteiger partial charge in [0.05, 0.1) is 10.6 Å². The van der Waals surface area contributed by atoms with Crippen LogP contribution in [0.2, 0.25) is 0 Å². The summed E-state index contributed by atoms with van der Waals surface area (Å²) in [5, 5.41) is 17.6. The number of anilines is 2. The number of nitrogens with one attached hydrogen (secondary N) is 1. The summed E-state index contributed by atoms with van der Waals surface area (Å²) in [6, 6.07) is 7.34. The van der Waals surface area contributed by atoms with Crippen LogP contribution in [0, 0.1) is 17.0 Å². The number of aryl methyl sites for hydroxylation is 1. The SMILES string of the molecule is Cc1csc(NC2CCN(c3ccccc3[N+](=O)[O-])CC2)n1. The molecule has 2 aromatic rings. The molecule has 1 aromatic heterocycles.